The monoisotopic (exact) mass is 494 g/mol. The molecule has 34 heavy (non-hydrogen) atoms. The third-order valence-electron chi connectivity index (χ3n) is 5.35. The molecule has 0 aliphatic rings. The minimum Gasteiger partial charge on any atom is -0.493 e. The Balaban J connectivity index is 1.55. The molecule has 0 bridgehead atoms. The van der Waals surface area contributed by atoms with Crippen molar-refractivity contribution in [2.45, 2.75) is 25.9 Å². The standard InChI is InChI=1S/C22H22N8O2S2/c23-21(33)27-25-17-13-7-1-3-9-15(13)29(19(17)31)11-5-6-12-30-16-10-4-2-8-14(16)18(20(30)32)26-28-22(24)34/h1-4,7-10,31-32H,5-6,11-12H2,(H2,23,33)(H2,24,34). The molecule has 0 atom stereocenters. The van der Waals surface area contributed by atoms with Crippen LogP contribution >= 0.6 is 24.4 Å². The molecule has 0 unspecified atom stereocenters. The number of nitrogens with zero attached hydrogens (tertiary/aromatic N) is 6. The highest BCUT2D eigenvalue weighted by Gasteiger charge is 2.18. The zero-order chi connectivity index (χ0) is 24.2. The van der Waals surface area contributed by atoms with Crippen molar-refractivity contribution in [3.63, 3.8) is 0 Å². The second kappa shape index (κ2) is 9.93. The molecule has 0 aliphatic carbocycles. The van der Waals surface area contributed by atoms with E-state index in [1.165, 1.54) is 0 Å². The smallest absolute Gasteiger partial charge is 0.220 e. The Morgan fingerprint density at radius 3 is 1.47 bits per heavy atom. The lowest BCUT2D eigenvalue weighted by Gasteiger charge is -2.09. The number of azo groups is 2. The molecule has 2 aromatic heterocycles. The van der Waals surface area contributed by atoms with Gasteiger partial charge >= 0.3 is 0 Å². The largest absolute Gasteiger partial charge is 0.493 e. The number of hydrogen-bond donors (Lipinski definition) is 4. The van der Waals surface area contributed by atoms with E-state index in [0.717, 1.165) is 21.8 Å². The summed E-state index contributed by atoms with van der Waals surface area (Å²) in [6, 6.07) is 15.0. The summed E-state index contributed by atoms with van der Waals surface area (Å²) in [6.45, 7) is 1.06. The summed E-state index contributed by atoms with van der Waals surface area (Å²) in [4.78, 5) is 0. The van der Waals surface area contributed by atoms with Crippen LogP contribution in [-0.4, -0.2) is 29.6 Å². The molecule has 0 saturated carbocycles. The number of aromatic nitrogens is 2. The Morgan fingerprint density at radius 1 is 0.706 bits per heavy atom. The number of aryl methyl sites for hydroxylation is 2. The maximum atomic E-state index is 10.8. The van der Waals surface area contributed by atoms with Gasteiger partial charge in [-0.05, 0) is 49.4 Å². The van der Waals surface area contributed by atoms with Gasteiger partial charge in [0.25, 0.3) is 0 Å². The Morgan fingerprint density at radius 2 is 1.09 bits per heavy atom. The lowest BCUT2D eigenvalue weighted by Crippen LogP contribution is -2.02. The minimum atomic E-state index is -0.109. The number of nitrogens with two attached hydrogens (primary N) is 2. The molecule has 2 heterocycles. The van der Waals surface area contributed by atoms with Crippen LogP contribution in [0, 0.1) is 0 Å². The van der Waals surface area contributed by atoms with Crippen molar-refractivity contribution in [3.8, 4) is 11.8 Å². The third kappa shape index (κ3) is 4.58. The zero-order valence-corrected chi connectivity index (χ0v) is 19.6. The highest BCUT2D eigenvalue weighted by atomic mass is 32.1. The molecule has 0 saturated heterocycles. The van der Waals surface area contributed by atoms with Crippen molar-refractivity contribution >= 4 is 67.8 Å². The number of unbranched alkanes of at least 4 members (excludes halogenated alkanes) is 1. The molecule has 6 N–H and O–H groups in total. The van der Waals surface area contributed by atoms with E-state index in [2.05, 4.69) is 20.5 Å². The van der Waals surface area contributed by atoms with Crippen molar-refractivity contribution in [1.29, 1.82) is 0 Å². The fourth-order valence-corrected chi connectivity index (χ4v) is 4.01. The molecule has 0 amide bonds. The molecule has 0 fully saturated rings. The van der Waals surface area contributed by atoms with E-state index in [1.54, 1.807) is 9.13 Å². The van der Waals surface area contributed by atoms with E-state index in [4.69, 9.17) is 35.9 Å². The summed E-state index contributed by atoms with van der Waals surface area (Å²) in [5, 5.41) is 38.3. The summed E-state index contributed by atoms with van der Waals surface area (Å²) < 4.78 is 3.55. The number of hydrogen-bond acceptors (Lipinski definition) is 6. The molecular formula is C22H22N8O2S2. The van der Waals surface area contributed by atoms with Crippen molar-refractivity contribution in [1.82, 2.24) is 9.13 Å². The summed E-state index contributed by atoms with van der Waals surface area (Å²) in [5.41, 5.74) is 13.1. The number of thiocarbonyl (C=S) groups is 2. The van der Waals surface area contributed by atoms with E-state index in [0.29, 0.717) is 37.3 Å². The van der Waals surface area contributed by atoms with E-state index in [1.807, 2.05) is 48.5 Å². The van der Waals surface area contributed by atoms with Gasteiger partial charge in [-0.15, -0.1) is 20.5 Å². The molecule has 0 radical (unpaired) electrons. The van der Waals surface area contributed by atoms with E-state index >= 15 is 0 Å². The molecule has 4 aromatic rings. The average molecular weight is 495 g/mol. The van der Waals surface area contributed by atoms with Gasteiger partial charge in [0.2, 0.25) is 22.0 Å². The predicted molar refractivity (Wildman–Crippen MR) is 139 cm³/mol. The van der Waals surface area contributed by atoms with Crippen LogP contribution in [0.4, 0.5) is 11.4 Å². The van der Waals surface area contributed by atoms with Gasteiger partial charge in [0.15, 0.2) is 11.4 Å². The number of rotatable bonds is 7. The Bertz CT molecular complexity index is 1340. The second-order valence-corrected chi connectivity index (χ2v) is 8.30. The first-order valence-electron chi connectivity index (χ1n) is 10.4. The summed E-state index contributed by atoms with van der Waals surface area (Å²) >= 11 is 9.51. The number of benzene rings is 2. The fourth-order valence-electron chi connectivity index (χ4n) is 3.93. The van der Waals surface area contributed by atoms with Crippen LogP contribution in [0.5, 0.6) is 11.8 Å². The average Bonchev–Trinajstić information content (AvgIpc) is 3.24. The Hall–Kier alpha value is -3.90. The number of fused-ring (bicyclic) bond motifs is 2. The first-order valence-corrected chi connectivity index (χ1v) is 11.2. The maximum absolute atomic E-state index is 10.8. The van der Waals surface area contributed by atoms with Crippen LogP contribution in [0.2, 0.25) is 0 Å². The van der Waals surface area contributed by atoms with Gasteiger partial charge in [-0.2, -0.15) is 0 Å². The summed E-state index contributed by atoms with van der Waals surface area (Å²) in [5.74, 6) is -0.00757. The third-order valence-corrected chi connectivity index (χ3v) is 5.51. The van der Waals surface area contributed by atoms with Gasteiger partial charge in [-0.3, -0.25) is 0 Å². The quantitative estimate of drug-likeness (QED) is 0.158. The lowest BCUT2D eigenvalue weighted by molar-refractivity contribution is 0.402. The lowest BCUT2D eigenvalue weighted by atomic mass is 10.2. The zero-order valence-electron chi connectivity index (χ0n) is 18.0. The van der Waals surface area contributed by atoms with E-state index in [9.17, 15) is 10.2 Å². The van der Waals surface area contributed by atoms with Gasteiger partial charge in [0.1, 0.15) is 0 Å². The van der Waals surface area contributed by atoms with Crippen molar-refractivity contribution in [2.75, 3.05) is 0 Å². The van der Waals surface area contributed by atoms with Crippen LogP contribution < -0.4 is 11.5 Å². The summed E-state index contributed by atoms with van der Waals surface area (Å²) in [6.07, 6.45) is 1.43. The van der Waals surface area contributed by atoms with Gasteiger partial charge in [0.05, 0.1) is 11.0 Å². The van der Waals surface area contributed by atoms with Crippen molar-refractivity contribution in [3.05, 3.63) is 48.5 Å². The number of aromatic hydroxyl groups is 2. The van der Waals surface area contributed by atoms with Gasteiger partial charge < -0.3 is 30.8 Å². The highest BCUT2D eigenvalue weighted by molar-refractivity contribution is 7.80. The molecular weight excluding hydrogens is 472 g/mol. The van der Waals surface area contributed by atoms with Crippen molar-refractivity contribution < 1.29 is 10.2 Å². The minimum absolute atomic E-state index is 0.00378. The van der Waals surface area contributed by atoms with Gasteiger partial charge in [-0.25, -0.2) is 0 Å². The molecule has 0 spiro atoms. The summed E-state index contributed by atoms with van der Waals surface area (Å²) in [7, 11) is 0. The van der Waals surface area contributed by atoms with Crippen LogP contribution in [0.25, 0.3) is 21.8 Å². The predicted octanol–water partition coefficient (Wildman–Crippen LogP) is 5.14. The molecule has 2 aromatic carbocycles. The van der Waals surface area contributed by atoms with E-state index in [-0.39, 0.29) is 22.0 Å². The molecule has 4 rings (SSSR count). The van der Waals surface area contributed by atoms with Crippen LogP contribution in [-0.2, 0) is 13.1 Å². The Kier molecular flexibility index (Phi) is 6.80. The fraction of sp³-hybridized carbons (Fsp3) is 0.182. The van der Waals surface area contributed by atoms with Crippen LogP contribution in [0.15, 0.2) is 69.0 Å². The van der Waals surface area contributed by atoms with Crippen molar-refractivity contribution in [2.24, 2.45) is 31.9 Å². The van der Waals surface area contributed by atoms with Gasteiger partial charge in [-0.1, -0.05) is 36.4 Å². The van der Waals surface area contributed by atoms with Crippen LogP contribution in [0.1, 0.15) is 12.8 Å². The van der Waals surface area contributed by atoms with Gasteiger partial charge in [0, 0.05) is 23.9 Å². The van der Waals surface area contributed by atoms with E-state index < -0.39 is 0 Å². The maximum Gasteiger partial charge on any atom is 0.220 e. The highest BCUT2D eigenvalue weighted by Crippen LogP contribution is 2.40. The second-order valence-electron chi connectivity index (χ2n) is 7.47. The molecule has 174 valence electrons. The van der Waals surface area contributed by atoms with Crippen LogP contribution in [0.3, 0.4) is 0 Å². The first kappa shape index (κ1) is 23.3. The molecule has 10 nitrogen and oxygen atoms in total. The SMILES string of the molecule is NC(=S)N=Nc1c(O)n(CCCCn2c(O)c(N=NC(N)=S)c3ccccc32)c2ccccc12. The first-order chi connectivity index (χ1) is 16.4. The normalized spacial score (nSPS) is 11.9. The topological polar surface area (TPSA) is 152 Å². The molecule has 12 heteroatoms. The number of para-hydroxylation sites is 2. The molecule has 0 aliphatic heterocycles. The Labute approximate surface area is 205 Å².